The lowest BCUT2D eigenvalue weighted by molar-refractivity contribution is 0.354. The maximum Gasteiger partial charge on any atom is 0.244 e. The minimum atomic E-state index is -3.34. The Balaban J connectivity index is 3.02. The second-order valence-electron chi connectivity index (χ2n) is 4.49. The molecule has 0 saturated heterocycles. The van der Waals surface area contributed by atoms with Crippen LogP contribution in [0.2, 0.25) is 0 Å². The number of thiophene rings is 1. The lowest BCUT2D eigenvalue weighted by atomic mass is 10.4. The van der Waals surface area contributed by atoms with Crippen molar-refractivity contribution >= 4 is 21.4 Å². The van der Waals surface area contributed by atoms with Crippen molar-refractivity contribution in [3.05, 3.63) is 16.3 Å². The van der Waals surface area contributed by atoms with Crippen LogP contribution in [0.25, 0.3) is 0 Å². The van der Waals surface area contributed by atoms with Gasteiger partial charge in [0.15, 0.2) is 0 Å². The zero-order valence-electron chi connectivity index (χ0n) is 11.4. The second kappa shape index (κ2) is 6.65. The van der Waals surface area contributed by atoms with E-state index in [-0.39, 0.29) is 6.04 Å². The first-order chi connectivity index (χ1) is 8.43. The molecule has 0 aliphatic rings. The molecule has 0 radical (unpaired) electrons. The highest BCUT2D eigenvalue weighted by Crippen LogP contribution is 2.24. The molecule has 1 aromatic heterocycles. The van der Waals surface area contributed by atoms with Gasteiger partial charge in [-0.15, -0.1) is 11.3 Å². The van der Waals surface area contributed by atoms with Crippen LogP contribution in [0.4, 0.5) is 0 Å². The molecule has 0 atom stereocenters. The first-order valence-electron chi connectivity index (χ1n) is 6.17. The van der Waals surface area contributed by atoms with Crippen molar-refractivity contribution in [2.45, 2.75) is 44.7 Å². The third kappa shape index (κ3) is 3.54. The maximum absolute atomic E-state index is 12.5. The molecule has 0 fully saturated rings. The van der Waals surface area contributed by atoms with Crippen LogP contribution in [-0.2, 0) is 16.6 Å². The van der Waals surface area contributed by atoms with E-state index in [4.69, 9.17) is 0 Å². The standard InChI is InChI=1S/C12H22N2O2S2/c1-5-6-14(10(2)3)18(15,16)12-7-11(8-13-4)17-9-12/h7,9-10,13H,5-6,8H2,1-4H3. The van der Waals surface area contributed by atoms with Crippen LogP contribution >= 0.6 is 11.3 Å². The van der Waals surface area contributed by atoms with Gasteiger partial charge in [0.05, 0.1) is 4.90 Å². The topological polar surface area (TPSA) is 49.4 Å². The number of nitrogens with one attached hydrogen (secondary N) is 1. The summed E-state index contributed by atoms with van der Waals surface area (Å²) in [6.07, 6.45) is 0.824. The average molecular weight is 290 g/mol. The number of sulfonamides is 1. The van der Waals surface area contributed by atoms with Crippen LogP contribution < -0.4 is 5.32 Å². The Hall–Kier alpha value is -0.430. The Morgan fingerprint density at radius 2 is 2.11 bits per heavy atom. The van der Waals surface area contributed by atoms with Crippen molar-refractivity contribution in [2.24, 2.45) is 0 Å². The van der Waals surface area contributed by atoms with Gasteiger partial charge in [-0.05, 0) is 33.4 Å². The largest absolute Gasteiger partial charge is 0.315 e. The van der Waals surface area contributed by atoms with Gasteiger partial charge in [-0.3, -0.25) is 0 Å². The highest BCUT2D eigenvalue weighted by molar-refractivity contribution is 7.89. The van der Waals surface area contributed by atoms with Crippen molar-refractivity contribution in [1.29, 1.82) is 0 Å². The van der Waals surface area contributed by atoms with Crippen LogP contribution in [0.5, 0.6) is 0 Å². The molecule has 1 rings (SSSR count). The molecule has 0 bridgehead atoms. The molecule has 104 valence electrons. The summed E-state index contributed by atoms with van der Waals surface area (Å²) in [7, 11) is -1.49. The normalized spacial score (nSPS) is 12.6. The zero-order chi connectivity index (χ0) is 13.8. The van der Waals surface area contributed by atoms with Gasteiger partial charge in [0.25, 0.3) is 0 Å². The van der Waals surface area contributed by atoms with Crippen LogP contribution in [0, 0.1) is 0 Å². The molecule has 0 aliphatic carbocycles. The summed E-state index contributed by atoms with van der Waals surface area (Å²) in [6.45, 7) is 7.08. The molecule has 1 heterocycles. The molecule has 1 aromatic rings. The minimum absolute atomic E-state index is 0.0115. The number of rotatable bonds is 7. The number of hydrogen-bond acceptors (Lipinski definition) is 4. The predicted molar refractivity (Wildman–Crippen MR) is 76.4 cm³/mol. The van der Waals surface area contributed by atoms with E-state index in [9.17, 15) is 8.42 Å². The molecule has 0 unspecified atom stereocenters. The Kier molecular flexibility index (Phi) is 5.78. The molecule has 0 amide bonds. The first kappa shape index (κ1) is 15.6. The lowest BCUT2D eigenvalue weighted by Gasteiger charge is -2.24. The highest BCUT2D eigenvalue weighted by Gasteiger charge is 2.27. The Morgan fingerprint density at radius 1 is 1.44 bits per heavy atom. The molecule has 4 nitrogen and oxygen atoms in total. The van der Waals surface area contributed by atoms with Gasteiger partial charge in [0, 0.05) is 29.4 Å². The summed E-state index contributed by atoms with van der Waals surface area (Å²) in [4.78, 5) is 1.45. The molecular weight excluding hydrogens is 268 g/mol. The summed E-state index contributed by atoms with van der Waals surface area (Å²) >= 11 is 1.48. The molecular formula is C12H22N2O2S2. The minimum Gasteiger partial charge on any atom is -0.315 e. The molecule has 0 saturated carbocycles. The number of hydrogen-bond donors (Lipinski definition) is 1. The third-order valence-corrected chi connectivity index (χ3v) is 5.75. The summed E-state index contributed by atoms with van der Waals surface area (Å²) < 4.78 is 26.6. The lowest BCUT2D eigenvalue weighted by Crippen LogP contribution is -2.37. The molecule has 6 heteroatoms. The third-order valence-electron chi connectivity index (χ3n) is 2.61. The van der Waals surface area contributed by atoms with Gasteiger partial charge in [0.1, 0.15) is 0 Å². The van der Waals surface area contributed by atoms with Gasteiger partial charge in [-0.25, -0.2) is 8.42 Å². The molecule has 1 N–H and O–H groups in total. The van der Waals surface area contributed by atoms with E-state index in [1.165, 1.54) is 11.3 Å². The van der Waals surface area contributed by atoms with E-state index in [1.807, 2.05) is 27.8 Å². The summed E-state index contributed by atoms with van der Waals surface area (Å²) in [5.41, 5.74) is 0. The fraction of sp³-hybridized carbons (Fsp3) is 0.667. The highest BCUT2D eigenvalue weighted by atomic mass is 32.2. The van der Waals surface area contributed by atoms with E-state index in [0.717, 1.165) is 11.3 Å². The van der Waals surface area contributed by atoms with Crippen molar-refractivity contribution in [3.8, 4) is 0 Å². The van der Waals surface area contributed by atoms with Gasteiger partial charge in [0.2, 0.25) is 10.0 Å². The molecule has 0 aromatic carbocycles. The average Bonchev–Trinajstić information content (AvgIpc) is 2.75. The smallest absolute Gasteiger partial charge is 0.244 e. The predicted octanol–water partition coefficient (Wildman–Crippen LogP) is 2.28. The summed E-state index contributed by atoms with van der Waals surface area (Å²) in [5, 5.41) is 4.76. The van der Waals surface area contributed by atoms with Gasteiger partial charge in [-0.2, -0.15) is 4.31 Å². The zero-order valence-corrected chi connectivity index (χ0v) is 13.1. The van der Waals surface area contributed by atoms with E-state index < -0.39 is 10.0 Å². The van der Waals surface area contributed by atoms with Crippen molar-refractivity contribution in [2.75, 3.05) is 13.6 Å². The van der Waals surface area contributed by atoms with E-state index >= 15 is 0 Å². The van der Waals surface area contributed by atoms with Gasteiger partial charge in [-0.1, -0.05) is 6.92 Å². The van der Waals surface area contributed by atoms with Crippen molar-refractivity contribution in [3.63, 3.8) is 0 Å². The van der Waals surface area contributed by atoms with E-state index in [1.54, 1.807) is 15.8 Å². The fourth-order valence-electron chi connectivity index (χ4n) is 1.77. The quantitative estimate of drug-likeness (QED) is 0.838. The van der Waals surface area contributed by atoms with Crippen LogP contribution in [-0.4, -0.2) is 32.4 Å². The van der Waals surface area contributed by atoms with E-state index in [0.29, 0.717) is 18.0 Å². The molecule has 18 heavy (non-hydrogen) atoms. The Bertz CT molecular complexity index is 466. The fourth-order valence-corrected chi connectivity index (χ4v) is 4.78. The van der Waals surface area contributed by atoms with Crippen LogP contribution in [0.15, 0.2) is 16.3 Å². The summed E-state index contributed by atoms with van der Waals surface area (Å²) in [6, 6.07) is 1.75. The molecule has 0 aliphatic heterocycles. The second-order valence-corrected chi connectivity index (χ2v) is 7.37. The van der Waals surface area contributed by atoms with Crippen LogP contribution in [0.3, 0.4) is 0 Å². The first-order valence-corrected chi connectivity index (χ1v) is 8.49. The monoisotopic (exact) mass is 290 g/mol. The van der Waals surface area contributed by atoms with Crippen LogP contribution in [0.1, 0.15) is 32.1 Å². The van der Waals surface area contributed by atoms with E-state index in [2.05, 4.69) is 5.32 Å². The number of nitrogens with zero attached hydrogens (tertiary/aromatic N) is 1. The summed E-state index contributed by atoms with van der Waals surface area (Å²) in [5.74, 6) is 0. The Labute approximate surface area is 114 Å². The SMILES string of the molecule is CCCN(C(C)C)S(=O)(=O)c1csc(CNC)c1. The maximum atomic E-state index is 12.5. The van der Waals surface area contributed by atoms with Crippen molar-refractivity contribution in [1.82, 2.24) is 9.62 Å². The van der Waals surface area contributed by atoms with Crippen molar-refractivity contribution < 1.29 is 8.42 Å². The Morgan fingerprint density at radius 3 is 2.61 bits per heavy atom. The molecule has 0 spiro atoms. The van der Waals surface area contributed by atoms with Gasteiger partial charge < -0.3 is 5.32 Å². The van der Waals surface area contributed by atoms with Gasteiger partial charge >= 0.3 is 0 Å².